The molecule has 0 aliphatic heterocycles. The normalized spacial score (nSPS) is 11.3. The Balaban J connectivity index is 1.79. The van der Waals surface area contributed by atoms with Crippen molar-refractivity contribution >= 4 is 43.9 Å². The second-order valence-corrected chi connectivity index (χ2v) is 8.25. The number of thiazole rings is 1. The molecule has 4 nitrogen and oxygen atoms in total. The van der Waals surface area contributed by atoms with Gasteiger partial charge < -0.3 is 4.42 Å². The van der Waals surface area contributed by atoms with E-state index in [1.807, 2.05) is 29.6 Å². The number of thiophene rings is 1. The van der Waals surface area contributed by atoms with Crippen LogP contribution >= 0.6 is 22.7 Å². The Morgan fingerprint density at radius 2 is 2.08 bits per heavy atom. The van der Waals surface area contributed by atoms with Crippen LogP contribution in [0.5, 0.6) is 0 Å². The summed E-state index contributed by atoms with van der Waals surface area (Å²) in [4.78, 5) is 20.3. The van der Waals surface area contributed by atoms with Gasteiger partial charge in [-0.25, -0.2) is 4.98 Å². The molecule has 3 aromatic heterocycles. The molecule has 0 saturated carbocycles. The first-order valence-electron chi connectivity index (χ1n) is 8.40. The highest BCUT2D eigenvalue weighted by molar-refractivity contribution is 7.22. The van der Waals surface area contributed by atoms with Gasteiger partial charge in [-0.15, -0.1) is 11.3 Å². The van der Waals surface area contributed by atoms with Crippen LogP contribution in [-0.4, -0.2) is 10.9 Å². The van der Waals surface area contributed by atoms with Crippen LogP contribution in [0.4, 0.5) is 5.13 Å². The van der Waals surface area contributed by atoms with Gasteiger partial charge in [-0.3, -0.25) is 9.69 Å². The molecule has 0 radical (unpaired) electrons. The number of aromatic nitrogens is 1. The fourth-order valence-corrected chi connectivity index (χ4v) is 4.53. The smallest absolute Gasteiger partial charge is 0.270 e. The zero-order chi connectivity index (χ0) is 18.1. The summed E-state index contributed by atoms with van der Waals surface area (Å²) in [5, 5.41) is 2.61. The van der Waals surface area contributed by atoms with E-state index in [1.165, 1.54) is 16.9 Å². The summed E-state index contributed by atoms with van der Waals surface area (Å²) in [7, 11) is 0. The van der Waals surface area contributed by atoms with Gasteiger partial charge >= 0.3 is 0 Å². The number of para-hydroxylation sites is 1. The molecule has 0 spiro atoms. The van der Waals surface area contributed by atoms with Crippen molar-refractivity contribution in [3.05, 3.63) is 70.3 Å². The van der Waals surface area contributed by atoms with E-state index in [2.05, 4.69) is 32.0 Å². The molecule has 4 rings (SSSR count). The Labute approximate surface area is 159 Å². The predicted octanol–water partition coefficient (Wildman–Crippen LogP) is 5.92. The minimum Gasteiger partial charge on any atom is -0.467 e. The molecule has 0 bridgehead atoms. The van der Waals surface area contributed by atoms with Crippen LogP contribution in [-0.2, 0) is 6.54 Å². The van der Waals surface area contributed by atoms with E-state index in [9.17, 15) is 4.79 Å². The lowest BCUT2D eigenvalue weighted by molar-refractivity contribution is 0.0987. The van der Waals surface area contributed by atoms with Crippen LogP contribution < -0.4 is 4.90 Å². The fraction of sp³-hybridized carbons (Fsp3) is 0.200. The maximum absolute atomic E-state index is 13.1. The molecule has 0 N–H and O–H groups in total. The van der Waals surface area contributed by atoms with E-state index in [4.69, 9.17) is 9.40 Å². The van der Waals surface area contributed by atoms with E-state index in [1.54, 1.807) is 22.5 Å². The molecule has 6 heteroatoms. The van der Waals surface area contributed by atoms with E-state index in [0.717, 1.165) is 16.0 Å². The number of hydrogen-bond donors (Lipinski definition) is 0. The van der Waals surface area contributed by atoms with Gasteiger partial charge in [-0.2, -0.15) is 0 Å². The second kappa shape index (κ2) is 7.05. The van der Waals surface area contributed by atoms with Gasteiger partial charge in [-0.05, 0) is 41.1 Å². The highest BCUT2D eigenvalue weighted by atomic mass is 32.1. The summed E-state index contributed by atoms with van der Waals surface area (Å²) in [5.74, 6) is 1.06. The van der Waals surface area contributed by atoms with E-state index >= 15 is 0 Å². The van der Waals surface area contributed by atoms with Crippen LogP contribution in [0.1, 0.15) is 40.8 Å². The number of furan rings is 1. The average molecular weight is 383 g/mol. The van der Waals surface area contributed by atoms with Crippen molar-refractivity contribution < 1.29 is 9.21 Å². The van der Waals surface area contributed by atoms with Gasteiger partial charge in [0.2, 0.25) is 0 Å². The highest BCUT2D eigenvalue weighted by Gasteiger charge is 2.24. The first-order valence-corrected chi connectivity index (χ1v) is 10.1. The van der Waals surface area contributed by atoms with Crippen molar-refractivity contribution in [3.8, 4) is 0 Å². The fourth-order valence-electron chi connectivity index (χ4n) is 2.86. The second-order valence-electron chi connectivity index (χ2n) is 6.29. The summed E-state index contributed by atoms with van der Waals surface area (Å²) in [5.41, 5.74) is 2.18. The number of carbonyl (C=O) groups excluding carboxylic acids is 1. The molecule has 0 aliphatic carbocycles. The summed E-state index contributed by atoms with van der Waals surface area (Å²) in [6.45, 7) is 4.68. The molecule has 1 aromatic carbocycles. The molecule has 1 amide bonds. The van der Waals surface area contributed by atoms with Gasteiger partial charge in [0.05, 0.1) is 27.9 Å². The molecule has 132 valence electrons. The highest BCUT2D eigenvalue weighted by Crippen LogP contribution is 2.35. The van der Waals surface area contributed by atoms with Crippen molar-refractivity contribution in [1.29, 1.82) is 0 Å². The molecule has 0 aliphatic rings. The van der Waals surface area contributed by atoms with E-state index in [0.29, 0.717) is 22.5 Å². The van der Waals surface area contributed by atoms with Gasteiger partial charge in [0.15, 0.2) is 5.13 Å². The summed E-state index contributed by atoms with van der Waals surface area (Å²) in [6.07, 6.45) is 1.62. The number of anilines is 1. The van der Waals surface area contributed by atoms with Crippen LogP contribution in [0.2, 0.25) is 0 Å². The van der Waals surface area contributed by atoms with E-state index in [-0.39, 0.29) is 5.91 Å². The Hall–Kier alpha value is -2.44. The monoisotopic (exact) mass is 382 g/mol. The number of amides is 1. The third-order valence-corrected chi connectivity index (χ3v) is 6.06. The largest absolute Gasteiger partial charge is 0.467 e. The van der Waals surface area contributed by atoms with Crippen LogP contribution in [0, 0.1) is 0 Å². The molecule has 0 unspecified atom stereocenters. The van der Waals surface area contributed by atoms with Crippen molar-refractivity contribution in [2.45, 2.75) is 26.3 Å². The maximum atomic E-state index is 13.1. The molecule has 0 fully saturated rings. The summed E-state index contributed by atoms with van der Waals surface area (Å²) >= 11 is 2.98. The van der Waals surface area contributed by atoms with Crippen molar-refractivity contribution in [3.63, 3.8) is 0 Å². The molecule has 3 heterocycles. The van der Waals surface area contributed by atoms with Crippen molar-refractivity contribution in [2.24, 2.45) is 0 Å². The van der Waals surface area contributed by atoms with Crippen LogP contribution in [0.15, 0.2) is 58.5 Å². The molecule has 26 heavy (non-hydrogen) atoms. The Kier molecular flexibility index (Phi) is 4.61. The maximum Gasteiger partial charge on any atom is 0.270 e. The lowest BCUT2D eigenvalue weighted by atomic mass is 10.0. The van der Waals surface area contributed by atoms with Gasteiger partial charge in [0.25, 0.3) is 5.91 Å². The molecular formula is C20H18N2O2S2. The van der Waals surface area contributed by atoms with E-state index < -0.39 is 0 Å². The predicted molar refractivity (Wildman–Crippen MR) is 107 cm³/mol. The first-order chi connectivity index (χ1) is 12.6. The van der Waals surface area contributed by atoms with Gasteiger partial charge in [0, 0.05) is 0 Å². The zero-order valence-electron chi connectivity index (χ0n) is 14.5. The molecule has 4 aromatic rings. The summed E-state index contributed by atoms with van der Waals surface area (Å²) in [6, 6.07) is 13.7. The number of rotatable bonds is 5. The third kappa shape index (κ3) is 3.18. The SMILES string of the molecule is CC(C)c1cccc2sc(N(Cc3ccco3)C(=O)c3cccs3)nc12. The third-order valence-electron chi connectivity index (χ3n) is 4.16. The lowest BCUT2D eigenvalue weighted by Gasteiger charge is -2.17. The average Bonchev–Trinajstić information content (AvgIpc) is 3.39. The van der Waals surface area contributed by atoms with Crippen molar-refractivity contribution in [2.75, 3.05) is 4.90 Å². The molecule has 0 atom stereocenters. The lowest BCUT2D eigenvalue weighted by Crippen LogP contribution is -2.29. The Morgan fingerprint density at radius 3 is 2.77 bits per heavy atom. The molecule has 0 saturated heterocycles. The minimum absolute atomic E-state index is 0.0541. The topological polar surface area (TPSA) is 46.3 Å². The molecular weight excluding hydrogens is 364 g/mol. The quantitative estimate of drug-likeness (QED) is 0.430. The number of benzene rings is 1. The first kappa shape index (κ1) is 17.0. The standard InChI is InChI=1S/C20H18N2O2S2/c1-13(2)15-7-3-8-16-18(15)21-20(26-16)22(12-14-6-4-10-24-14)19(23)17-9-5-11-25-17/h3-11,13H,12H2,1-2H3. The Bertz CT molecular complexity index is 1020. The zero-order valence-corrected chi connectivity index (χ0v) is 16.1. The Morgan fingerprint density at radius 1 is 1.19 bits per heavy atom. The van der Waals surface area contributed by atoms with Crippen LogP contribution in [0.25, 0.3) is 10.2 Å². The van der Waals surface area contributed by atoms with Gasteiger partial charge in [0.1, 0.15) is 5.76 Å². The van der Waals surface area contributed by atoms with Crippen molar-refractivity contribution in [1.82, 2.24) is 4.98 Å². The van der Waals surface area contributed by atoms with Gasteiger partial charge in [-0.1, -0.05) is 43.4 Å². The van der Waals surface area contributed by atoms with Crippen LogP contribution in [0.3, 0.4) is 0 Å². The summed E-state index contributed by atoms with van der Waals surface area (Å²) < 4.78 is 6.57. The number of hydrogen-bond acceptors (Lipinski definition) is 5. The number of fused-ring (bicyclic) bond motifs is 1. The number of carbonyl (C=O) groups is 1. The minimum atomic E-state index is -0.0541. The number of nitrogens with zero attached hydrogens (tertiary/aromatic N) is 2.